The molecule has 2 heteroatoms. The molecular formula is C36H24N2. The van der Waals surface area contributed by atoms with E-state index in [1.807, 2.05) is 0 Å². The zero-order chi connectivity index (χ0) is 42.5. The Morgan fingerprint density at radius 1 is 0.368 bits per heavy atom. The third-order valence-corrected chi connectivity index (χ3v) is 6.18. The molecule has 0 aliphatic heterocycles. The molecule has 178 valence electrons. The van der Waals surface area contributed by atoms with Gasteiger partial charge in [0.05, 0.1) is 49.5 Å². The fourth-order valence-electron chi connectivity index (χ4n) is 4.59. The second kappa shape index (κ2) is 8.22. The lowest BCUT2D eigenvalue weighted by atomic mass is 10.0. The fraction of sp³-hybridized carbons (Fsp3) is 0. The van der Waals surface area contributed by atoms with Gasteiger partial charge in [-0.1, -0.05) is 84.7 Å². The van der Waals surface area contributed by atoms with Crippen LogP contribution in [-0.4, -0.2) is 9.13 Å². The Morgan fingerprint density at radius 2 is 0.763 bits per heavy atom. The van der Waals surface area contributed by atoms with E-state index >= 15 is 0 Å². The summed E-state index contributed by atoms with van der Waals surface area (Å²) in [7, 11) is 0. The highest BCUT2D eigenvalue weighted by Crippen LogP contribution is 2.38. The van der Waals surface area contributed by atoms with Crippen molar-refractivity contribution in [3.8, 4) is 22.5 Å². The summed E-state index contributed by atoms with van der Waals surface area (Å²) in [6.07, 6.45) is 0. The molecule has 2 heterocycles. The van der Waals surface area contributed by atoms with E-state index in [1.54, 1.807) is 0 Å². The highest BCUT2D eigenvalue weighted by molar-refractivity contribution is 6.12. The Kier molecular flexibility index (Phi) is 2.02. The first-order valence-electron chi connectivity index (χ1n) is 21.4. The van der Waals surface area contributed by atoms with Gasteiger partial charge in [0.2, 0.25) is 0 Å². The Hall–Kier alpha value is -5.08. The van der Waals surface area contributed by atoms with Crippen LogP contribution in [0.3, 0.4) is 0 Å². The highest BCUT2D eigenvalue weighted by atomic mass is 15.0. The molecule has 0 aliphatic rings. The van der Waals surface area contributed by atoms with Crippen molar-refractivity contribution < 1.29 is 27.4 Å². The van der Waals surface area contributed by atoms with E-state index in [2.05, 4.69) is 0 Å². The number of benzene rings is 6. The van der Waals surface area contributed by atoms with Crippen molar-refractivity contribution in [1.29, 1.82) is 0 Å². The van der Waals surface area contributed by atoms with Crippen molar-refractivity contribution >= 4 is 43.6 Å². The SMILES string of the molecule is [2H]c1cc([2H])c(-n2c3c([2H])c([2H])c([2H])c([2H])c3c3c([2H])c(-c4c([2H])c([2H])c5c(c4[2H])c4c([2H])c([2H])c([2H])c([2H])c4n5-c4c([2H])cc([2H])cc4[2H])c([2H])c([2H])c32)c([2H])c1. The smallest absolute Gasteiger partial charge is 0.0645 e. The molecule has 6 aromatic carbocycles. The molecule has 2 nitrogen and oxygen atoms in total. The molecule has 0 bridgehead atoms. The first-order chi connectivity index (χ1) is 27.1. The highest BCUT2D eigenvalue weighted by Gasteiger charge is 2.15. The normalized spacial score (nSPS) is 19.1. The van der Waals surface area contributed by atoms with Crippen LogP contribution in [0.1, 0.15) is 27.4 Å². The summed E-state index contributed by atoms with van der Waals surface area (Å²) in [5.41, 5.74) is -3.36. The molecule has 0 unspecified atom stereocenters. The van der Waals surface area contributed by atoms with Crippen LogP contribution < -0.4 is 0 Å². The summed E-state index contributed by atoms with van der Waals surface area (Å²) in [4.78, 5) is 0. The fourth-order valence-corrected chi connectivity index (χ4v) is 4.59. The molecule has 0 spiro atoms. The Bertz CT molecular complexity index is 2970. The number of nitrogens with zero attached hydrogens (tertiary/aromatic N) is 2. The second-order valence-corrected chi connectivity index (χ2v) is 8.25. The van der Waals surface area contributed by atoms with Crippen molar-refractivity contribution in [2.24, 2.45) is 0 Å². The summed E-state index contributed by atoms with van der Waals surface area (Å²) in [6, 6.07) is -8.22. The lowest BCUT2D eigenvalue weighted by molar-refractivity contribution is 1.18. The van der Waals surface area contributed by atoms with E-state index in [1.165, 1.54) is 0 Å². The van der Waals surface area contributed by atoms with Crippen molar-refractivity contribution in [3.05, 3.63) is 145 Å². The van der Waals surface area contributed by atoms with Gasteiger partial charge in [0.15, 0.2) is 0 Å². The number of rotatable bonds is 3. The molecule has 0 atom stereocenters. The quantitative estimate of drug-likeness (QED) is 0.227. The van der Waals surface area contributed by atoms with Gasteiger partial charge in [0, 0.05) is 32.9 Å². The minimum absolute atomic E-state index is 0.220. The lowest BCUT2D eigenvalue weighted by Crippen LogP contribution is -1.93. The predicted molar refractivity (Wildman–Crippen MR) is 161 cm³/mol. The van der Waals surface area contributed by atoms with Gasteiger partial charge < -0.3 is 9.13 Å². The number of hydrogen-bond acceptors (Lipinski definition) is 0. The second-order valence-electron chi connectivity index (χ2n) is 8.25. The van der Waals surface area contributed by atoms with Gasteiger partial charge in [-0.15, -0.1) is 0 Å². The monoisotopic (exact) mass is 504 g/mol. The zero-order valence-electron chi connectivity index (χ0n) is 39.2. The number of para-hydroxylation sites is 4. The maximum atomic E-state index is 9.58. The van der Waals surface area contributed by atoms with Crippen LogP contribution in [0.25, 0.3) is 66.1 Å². The summed E-state index contributed by atoms with van der Waals surface area (Å²) in [5, 5.41) is -1.46. The van der Waals surface area contributed by atoms with Crippen LogP contribution in [0.5, 0.6) is 0 Å². The van der Waals surface area contributed by atoms with Gasteiger partial charge in [-0.2, -0.15) is 0 Å². The average Bonchev–Trinajstić information content (AvgIpc) is 3.68. The number of aromatic nitrogens is 2. The first kappa shape index (κ1) is 9.34. The van der Waals surface area contributed by atoms with E-state index in [0.717, 1.165) is 33.4 Å². The van der Waals surface area contributed by atoms with Gasteiger partial charge >= 0.3 is 0 Å². The minimum atomic E-state index is -0.828. The molecule has 38 heavy (non-hydrogen) atoms. The predicted octanol–water partition coefficient (Wildman–Crippen LogP) is 9.55. The molecule has 0 saturated heterocycles. The van der Waals surface area contributed by atoms with Gasteiger partial charge in [-0.3, -0.25) is 0 Å². The van der Waals surface area contributed by atoms with Crippen LogP contribution >= 0.6 is 0 Å². The molecule has 0 saturated carbocycles. The molecule has 0 amide bonds. The summed E-state index contributed by atoms with van der Waals surface area (Å²) < 4.78 is 178. The molecule has 8 aromatic rings. The average molecular weight is 505 g/mol. The minimum Gasteiger partial charge on any atom is -0.309 e. The van der Waals surface area contributed by atoms with Crippen molar-refractivity contribution in [1.82, 2.24) is 9.13 Å². The van der Waals surface area contributed by atoms with E-state index in [9.17, 15) is 8.22 Å². The van der Waals surface area contributed by atoms with Crippen molar-refractivity contribution in [2.45, 2.75) is 0 Å². The first-order valence-corrected chi connectivity index (χ1v) is 11.4. The van der Waals surface area contributed by atoms with Crippen LogP contribution in [0, 0.1) is 0 Å². The lowest BCUT2D eigenvalue weighted by Gasteiger charge is -2.09. The summed E-state index contributed by atoms with van der Waals surface area (Å²) >= 11 is 0. The number of fused-ring (bicyclic) bond motifs is 6. The van der Waals surface area contributed by atoms with E-state index in [0.29, 0.717) is 0 Å². The van der Waals surface area contributed by atoms with Gasteiger partial charge in [0.1, 0.15) is 0 Å². The molecule has 0 radical (unpaired) electrons. The maximum Gasteiger partial charge on any atom is 0.0645 e. The Labute approximate surface area is 248 Å². The molecule has 2 aromatic heterocycles. The van der Waals surface area contributed by atoms with Gasteiger partial charge in [0.25, 0.3) is 0 Å². The standard InChI is InChI=1S/C36H24N2/c1-3-11-27(12-4-1)37-33-17-9-7-15-29(33)31-23-25(19-21-35(31)37)26-20-22-36-32(24-26)30-16-8-10-18-34(30)38(36)28-13-5-2-6-14-28/h1-24H/i1D,2D,7D,8D,9D,10D,11D,12D,13D,14D,15D,16D,17D,18D,19D,20D,21D,22D,23D,24D. The van der Waals surface area contributed by atoms with Crippen LogP contribution in [0.4, 0.5) is 0 Å². The third-order valence-electron chi connectivity index (χ3n) is 6.18. The largest absolute Gasteiger partial charge is 0.309 e. The summed E-state index contributed by atoms with van der Waals surface area (Å²) in [5.74, 6) is 0. The number of hydrogen-bond donors (Lipinski definition) is 0. The van der Waals surface area contributed by atoms with Gasteiger partial charge in [-0.05, 0) is 71.6 Å². The van der Waals surface area contributed by atoms with Gasteiger partial charge in [-0.25, -0.2) is 0 Å². The van der Waals surface area contributed by atoms with E-state index in [4.69, 9.17) is 19.2 Å². The summed E-state index contributed by atoms with van der Waals surface area (Å²) in [6.45, 7) is 0. The third kappa shape index (κ3) is 3.07. The van der Waals surface area contributed by atoms with Crippen LogP contribution in [0.15, 0.2) is 145 Å². The molecule has 8 rings (SSSR count). The van der Waals surface area contributed by atoms with E-state index < -0.39 is 120 Å². The van der Waals surface area contributed by atoms with Crippen LogP contribution in [0.2, 0.25) is 0 Å². The Balaban J connectivity index is 1.63. The topological polar surface area (TPSA) is 9.86 Å². The Morgan fingerprint density at radius 3 is 1.21 bits per heavy atom. The van der Waals surface area contributed by atoms with E-state index in [-0.39, 0.29) is 67.1 Å². The molecular weight excluding hydrogens is 460 g/mol. The van der Waals surface area contributed by atoms with Crippen LogP contribution in [-0.2, 0) is 0 Å². The zero-order valence-corrected chi connectivity index (χ0v) is 19.2. The molecule has 0 aliphatic carbocycles. The van der Waals surface area contributed by atoms with Crippen molar-refractivity contribution in [3.63, 3.8) is 0 Å². The molecule has 0 N–H and O–H groups in total. The van der Waals surface area contributed by atoms with Crippen molar-refractivity contribution in [2.75, 3.05) is 0 Å². The maximum absolute atomic E-state index is 9.58. The molecule has 0 fully saturated rings.